The highest BCUT2D eigenvalue weighted by Gasteiger charge is 2.08. The van der Waals surface area contributed by atoms with Gasteiger partial charge in [0.25, 0.3) is 10.3 Å². The van der Waals surface area contributed by atoms with Crippen LogP contribution >= 0.6 is 0 Å². The normalized spacial score (nSPS) is 12.1. The minimum atomic E-state index is -3.57. The molecule has 0 radical (unpaired) electrons. The van der Waals surface area contributed by atoms with Crippen LogP contribution in [0, 0.1) is 0 Å². The number of hydrogen-bond donors (Lipinski definition) is 2. The van der Waals surface area contributed by atoms with Crippen LogP contribution in [0.4, 0.5) is 0 Å². The molecule has 0 aliphatic heterocycles. The van der Waals surface area contributed by atoms with E-state index in [4.69, 9.17) is 9.11 Å². The van der Waals surface area contributed by atoms with Crippen molar-refractivity contribution in [2.45, 2.75) is 25.7 Å². The summed E-state index contributed by atoms with van der Waals surface area (Å²) >= 11 is 0. The highest BCUT2D eigenvalue weighted by atomic mass is 32.9. The minimum Gasteiger partial charge on any atom is -0.309 e. The molecule has 0 bridgehead atoms. The minimum absolute atomic E-state index is 0.549. The topological polar surface area (TPSA) is 60.8 Å². The van der Waals surface area contributed by atoms with Gasteiger partial charge in [0.2, 0.25) is 0 Å². The van der Waals surface area contributed by atoms with E-state index in [1.54, 1.807) is 0 Å². The van der Waals surface area contributed by atoms with Crippen molar-refractivity contribution in [3.8, 4) is 0 Å². The molecule has 0 spiro atoms. The van der Waals surface area contributed by atoms with Gasteiger partial charge in [-0.15, -0.1) is 0 Å². The van der Waals surface area contributed by atoms with Crippen molar-refractivity contribution in [2.75, 3.05) is 26.4 Å². The van der Waals surface area contributed by atoms with E-state index >= 15 is 0 Å². The molecular formula is C8H20NO3S2+. The highest BCUT2D eigenvalue weighted by molar-refractivity contribution is 8.34. The Hall–Kier alpha value is 0.250. The maximum absolute atomic E-state index is 10.4. The maximum atomic E-state index is 10.4. The van der Waals surface area contributed by atoms with Gasteiger partial charge in [0, 0.05) is 6.42 Å². The third kappa shape index (κ3) is 12.2. The van der Waals surface area contributed by atoms with Gasteiger partial charge >= 0.3 is 9.05 Å². The molecule has 2 N–H and O–H groups in total. The molecule has 0 aromatic carbocycles. The SMILES string of the molecule is CN(C)CCCCCC[S+]=S(=O)(O)O. The molecule has 0 amide bonds. The molecule has 0 aliphatic carbocycles. The summed E-state index contributed by atoms with van der Waals surface area (Å²) in [5.74, 6) is 0.549. The summed E-state index contributed by atoms with van der Waals surface area (Å²) in [6.45, 7) is 1.09. The van der Waals surface area contributed by atoms with Gasteiger partial charge in [-0.25, -0.2) is 0 Å². The molecule has 6 heteroatoms. The predicted octanol–water partition coefficient (Wildman–Crippen LogP) is 1.34. The first kappa shape index (κ1) is 14.2. The van der Waals surface area contributed by atoms with Crippen molar-refractivity contribution >= 4 is 19.4 Å². The predicted molar refractivity (Wildman–Crippen MR) is 62.7 cm³/mol. The van der Waals surface area contributed by atoms with Crippen molar-refractivity contribution < 1.29 is 13.3 Å². The molecule has 0 rings (SSSR count). The van der Waals surface area contributed by atoms with Gasteiger partial charge in [0.1, 0.15) is 0 Å². The summed E-state index contributed by atoms with van der Waals surface area (Å²) in [5.41, 5.74) is 0. The van der Waals surface area contributed by atoms with E-state index in [1.165, 1.54) is 0 Å². The van der Waals surface area contributed by atoms with Gasteiger partial charge in [0.15, 0.2) is 5.75 Å². The second-order valence-corrected chi connectivity index (χ2v) is 7.04. The lowest BCUT2D eigenvalue weighted by Crippen LogP contribution is -2.12. The average Bonchev–Trinajstić information content (AvgIpc) is 2.00. The number of unbranched alkanes of at least 4 members (excludes halogenated alkanes) is 3. The number of hydrogen-bond acceptors (Lipinski definition) is 2. The Kier molecular flexibility index (Phi) is 7.66. The third-order valence-electron chi connectivity index (χ3n) is 1.74. The van der Waals surface area contributed by atoms with Gasteiger partial charge in [-0.3, -0.25) is 9.11 Å². The Labute approximate surface area is 90.0 Å². The fraction of sp³-hybridized carbons (Fsp3) is 1.00. The Morgan fingerprint density at radius 1 is 1.14 bits per heavy atom. The molecule has 0 aliphatic rings. The summed E-state index contributed by atoms with van der Waals surface area (Å²) in [7, 11) is 1.24. The quantitative estimate of drug-likeness (QED) is 0.522. The highest BCUT2D eigenvalue weighted by Crippen LogP contribution is 2.00. The van der Waals surface area contributed by atoms with E-state index < -0.39 is 9.05 Å². The van der Waals surface area contributed by atoms with Crippen molar-refractivity contribution in [1.29, 1.82) is 0 Å². The second kappa shape index (κ2) is 7.53. The van der Waals surface area contributed by atoms with Crippen LogP contribution in [-0.2, 0) is 19.4 Å². The maximum Gasteiger partial charge on any atom is 0.430 e. The Bertz CT molecular complexity index is 239. The summed E-state index contributed by atoms with van der Waals surface area (Å²) in [4.78, 5) is 2.14. The van der Waals surface area contributed by atoms with Gasteiger partial charge in [-0.2, -0.15) is 4.21 Å². The fourth-order valence-electron chi connectivity index (χ4n) is 1.05. The number of nitrogens with zero attached hydrogens (tertiary/aromatic N) is 1. The van der Waals surface area contributed by atoms with E-state index in [0.29, 0.717) is 5.75 Å². The van der Waals surface area contributed by atoms with Crippen molar-refractivity contribution in [1.82, 2.24) is 4.90 Å². The molecule has 0 heterocycles. The van der Waals surface area contributed by atoms with Gasteiger partial charge in [-0.1, -0.05) is 6.42 Å². The molecule has 0 aromatic rings. The van der Waals surface area contributed by atoms with Crippen LogP contribution in [0.2, 0.25) is 0 Å². The first-order valence-corrected chi connectivity index (χ1v) is 7.67. The monoisotopic (exact) mass is 242 g/mol. The Morgan fingerprint density at radius 3 is 2.21 bits per heavy atom. The van der Waals surface area contributed by atoms with Crippen LogP contribution in [0.15, 0.2) is 0 Å². The Morgan fingerprint density at radius 2 is 1.71 bits per heavy atom. The largest absolute Gasteiger partial charge is 0.430 e. The van der Waals surface area contributed by atoms with Gasteiger partial charge < -0.3 is 4.90 Å². The van der Waals surface area contributed by atoms with Gasteiger partial charge in [-0.05, 0) is 33.5 Å². The van der Waals surface area contributed by atoms with Crippen molar-refractivity contribution in [3.05, 3.63) is 0 Å². The van der Waals surface area contributed by atoms with Crippen LogP contribution in [0.25, 0.3) is 0 Å². The molecular weight excluding hydrogens is 222 g/mol. The van der Waals surface area contributed by atoms with E-state index in [9.17, 15) is 4.21 Å². The second-order valence-electron chi connectivity index (χ2n) is 3.49. The van der Waals surface area contributed by atoms with Crippen LogP contribution in [0.3, 0.4) is 0 Å². The molecule has 0 saturated heterocycles. The van der Waals surface area contributed by atoms with Crippen LogP contribution in [-0.4, -0.2) is 44.6 Å². The Balaban J connectivity index is 3.27. The van der Waals surface area contributed by atoms with Gasteiger partial charge in [0.05, 0.1) is 0 Å². The van der Waals surface area contributed by atoms with Crippen molar-refractivity contribution in [2.24, 2.45) is 0 Å². The van der Waals surface area contributed by atoms with Crippen LogP contribution in [0.5, 0.6) is 0 Å². The van der Waals surface area contributed by atoms with E-state index in [-0.39, 0.29) is 0 Å². The standard InChI is InChI=1S/C8H19NO3S2/c1-9(2)7-5-3-4-6-8-13-14(10,11)12/h3-8H2,1-2H3,(H-,10,11,12)/p+1. The van der Waals surface area contributed by atoms with Crippen LogP contribution < -0.4 is 0 Å². The third-order valence-corrected chi connectivity index (χ3v) is 3.92. The van der Waals surface area contributed by atoms with E-state index in [1.807, 2.05) is 14.1 Å². The molecule has 14 heavy (non-hydrogen) atoms. The van der Waals surface area contributed by atoms with E-state index in [0.717, 1.165) is 42.5 Å². The summed E-state index contributed by atoms with van der Waals surface area (Å²) < 4.78 is 27.5. The molecule has 86 valence electrons. The average molecular weight is 242 g/mol. The van der Waals surface area contributed by atoms with Crippen LogP contribution in [0.1, 0.15) is 25.7 Å². The summed E-state index contributed by atoms with van der Waals surface area (Å²) in [6.07, 6.45) is 4.23. The first-order chi connectivity index (χ1) is 6.42. The zero-order valence-corrected chi connectivity index (χ0v) is 10.4. The lowest BCUT2D eigenvalue weighted by molar-refractivity contribution is 0.391. The molecule has 4 nitrogen and oxygen atoms in total. The molecule has 0 fully saturated rings. The summed E-state index contributed by atoms with van der Waals surface area (Å²) in [6, 6.07) is 0. The smallest absolute Gasteiger partial charge is 0.309 e. The zero-order chi connectivity index (χ0) is 11.0. The van der Waals surface area contributed by atoms with E-state index in [2.05, 4.69) is 4.90 Å². The first-order valence-electron chi connectivity index (χ1n) is 4.70. The lowest BCUT2D eigenvalue weighted by Gasteiger charge is -2.07. The van der Waals surface area contributed by atoms with Crippen molar-refractivity contribution in [3.63, 3.8) is 0 Å². The number of rotatable bonds is 7. The molecule has 0 saturated carbocycles. The lowest BCUT2D eigenvalue weighted by atomic mass is 10.2. The zero-order valence-electron chi connectivity index (χ0n) is 8.81. The summed E-state index contributed by atoms with van der Waals surface area (Å²) in [5, 5.41) is 0. The molecule has 0 aromatic heterocycles. The molecule has 0 atom stereocenters. The molecule has 0 unspecified atom stereocenters. The fourth-order valence-corrected chi connectivity index (χ4v) is 2.60.